The minimum absolute atomic E-state index is 0.148. The van der Waals surface area contributed by atoms with Crippen LogP contribution in [-0.4, -0.2) is 62.0 Å². The Morgan fingerprint density at radius 2 is 1.74 bits per heavy atom. The maximum Gasteiger partial charge on any atom is 0.320 e. The summed E-state index contributed by atoms with van der Waals surface area (Å²) in [5.41, 5.74) is 5.76. The topological polar surface area (TPSA) is 105 Å². The first-order valence-electron chi connectivity index (χ1n) is 17.8. The summed E-state index contributed by atoms with van der Waals surface area (Å²) in [5.74, 6) is 2.26. The van der Waals surface area contributed by atoms with E-state index in [1.165, 1.54) is 12.0 Å². The number of nitrogens with zero attached hydrogens (tertiary/aromatic N) is 7. The number of carbonyl (C=O) groups excluding carboxylic acids is 1. The molecule has 1 aliphatic carbocycles. The Hall–Kier alpha value is -4.90. The molecule has 1 aliphatic heterocycles. The largest absolute Gasteiger partial charge is 0.484 e. The van der Waals surface area contributed by atoms with Crippen molar-refractivity contribution in [2.45, 2.75) is 89.9 Å². The molecule has 1 saturated heterocycles. The van der Waals surface area contributed by atoms with Crippen molar-refractivity contribution in [3.8, 4) is 11.4 Å². The van der Waals surface area contributed by atoms with Crippen molar-refractivity contribution in [2.75, 3.05) is 30.9 Å². The van der Waals surface area contributed by atoms with Gasteiger partial charge in [0.1, 0.15) is 17.7 Å². The van der Waals surface area contributed by atoms with Gasteiger partial charge in [0, 0.05) is 30.6 Å². The van der Waals surface area contributed by atoms with E-state index in [9.17, 15) is 4.79 Å². The monoisotopic (exact) mass is 675 g/mol. The molecule has 7 rings (SSSR count). The highest BCUT2D eigenvalue weighted by molar-refractivity contribution is 5.89. The zero-order chi connectivity index (χ0) is 35.0. The number of hydrogen-bond acceptors (Lipinski definition) is 7. The third-order valence-corrected chi connectivity index (χ3v) is 9.84. The van der Waals surface area contributed by atoms with E-state index in [-0.39, 0.29) is 23.6 Å². The highest BCUT2D eigenvalue weighted by atomic mass is 16.5. The molecule has 2 N–H and O–H groups in total. The Balaban J connectivity index is 1.08. The number of aromatic nitrogens is 5. The fourth-order valence-corrected chi connectivity index (χ4v) is 7.16. The zero-order valence-corrected chi connectivity index (χ0v) is 30.1. The molecule has 262 valence electrons. The highest BCUT2D eigenvalue weighted by Crippen LogP contribution is 2.39. The first kappa shape index (κ1) is 33.6. The average Bonchev–Trinajstić information content (AvgIpc) is 3.71. The third-order valence-electron chi connectivity index (χ3n) is 9.84. The van der Waals surface area contributed by atoms with Crippen LogP contribution in [0.15, 0.2) is 72.9 Å². The normalized spacial score (nSPS) is 19.4. The van der Waals surface area contributed by atoms with Crippen LogP contribution in [0.4, 0.5) is 16.6 Å². The molecule has 0 spiro atoms. The summed E-state index contributed by atoms with van der Waals surface area (Å²) in [6.07, 6.45) is 6.92. The highest BCUT2D eigenvalue weighted by Gasteiger charge is 2.31. The van der Waals surface area contributed by atoms with Gasteiger partial charge in [-0.2, -0.15) is 5.10 Å². The molecule has 4 heterocycles. The lowest BCUT2D eigenvalue weighted by Crippen LogP contribution is -2.38. The molecule has 11 heteroatoms. The molecule has 0 radical (unpaired) electrons. The van der Waals surface area contributed by atoms with Crippen LogP contribution in [0.5, 0.6) is 5.75 Å². The maximum absolute atomic E-state index is 13.6. The van der Waals surface area contributed by atoms with Crippen LogP contribution < -0.4 is 20.3 Å². The van der Waals surface area contributed by atoms with Crippen molar-refractivity contribution in [2.24, 2.45) is 0 Å². The molecule has 3 atom stereocenters. The molecule has 5 aromatic rings. The summed E-state index contributed by atoms with van der Waals surface area (Å²) in [7, 11) is 4.11. The number of nitrogens with one attached hydrogen (secondary N) is 2. The van der Waals surface area contributed by atoms with Gasteiger partial charge in [0.25, 0.3) is 0 Å². The van der Waals surface area contributed by atoms with Crippen molar-refractivity contribution < 1.29 is 9.53 Å². The second kappa shape index (κ2) is 13.8. The van der Waals surface area contributed by atoms with Gasteiger partial charge < -0.3 is 19.9 Å². The number of pyridine rings is 1. The second-order valence-corrected chi connectivity index (χ2v) is 15.1. The SMILES string of the molecule is C[C@H]1CCCCN1c1nnc2ccc(O[C@@H]3CC[C@H](NC(=O)Nc4cc(C(C)(C)C)nn4-c4ccc(CN(C)C)cc4)c4ccccc43)cn12. The quantitative estimate of drug-likeness (QED) is 0.176. The molecule has 2 aliphatic rings. The lowest BCUT2D eigenvalue weighted by Gasteiger charge is -2.33. The molecule has 2 aromatic carbocycles. The number of piperidine rings is 1. The number of hydrogen-bond donors (Lipinski definition) is 2. The number of fused-ring (bicyclic) bond motifs is 2. The molecule has 50 heavy (non-hydrogen) atoms. The third kappa shape index (κ3) is 7.05. The summed E-state index contributed by atoms with van der Waals surface area (Å²) in [5, 5.41) is 20.3. The van der Waals surface area contributed by atoms with E-state index in [0.717, 1.165) is 78.6 Å². The van der Waals surface area contributed by atoms with Gasteiger partial charge >= 0.3 is 6.03 Å². The fourth-order valence-electron chi connectivity index (χ4n) is 7.16. The Bertz CT molecular complexity index is 1960. The summed E-state index contributed by atoms with van der Waals surface area (Å²) in [6.45, 7) is 10.5. The van der Waals surface area contributed by atoms with Crippen LogP contribution in [-0.2, 0) is 12.0 Å². The van der Waals surface area contributed by atoms with Gasteiger partial charge in [0.05, 0.1) is 23.6 Å². The van der Waals surface area contributed by atoms with Gasteiger partial charge in [0.15, 0.2) is 5.65 Å². The number of benzene rings is 2. The van der Waals surface area contributed by atoms with Gasteiger partial charge in [-0.3, -0.25) is 9.72 Å². The predicted octanol–water partition coefficient (Wildman–Crippen LogP) is 7.43. The smallest absolute Gasteiger partial charge is 0.320 e. The summed E-state index contributed by atoms with van der Waals surface area (Å²) in [4.78, 5) is 18.1. The first-order chi connectivity index (χ1) is 24.0. The number of ether oxygens (including phenoxy) is 1. The van der Waals surface area contributed by atoms with E-state index in [4.69, 9.17) is 9.84 Å². The zero-order valence-electron chi connectivity index (χ0n) is 30.1. The fraction of sp³-hybridized carbons (Fsp3) is 0.436. The van der Waals surface area contributed by atoms with Gasteiger partial charge in [-0.25, -0.2) is 9.48 Å². The van der Waals surface area contributed by atoms with Crippen LogP contribution in [0.3, 0.4) is 0 Å². The van der Waals surface area contributed by atoms with Crippen LogP contribution in [0, 0.1) is 0 Å². The Labute approximate surface area is 294 Å². The van der Waals surface area contributed by atoms with E-state index >= 15 is 0 Å². The number of urea groups is 1. The van der Waals surface area contributed by atoms with Crippen molar-refractivity contribution in [3.63, 3.8) is 0 Å². The Morgan fingerprint density at radius 1 is 0.960 bits per heavy atom. The number of anilines is 2. The van der Waals surface area contributed by atoms with Gasteiger partial charge in [-0.05, 0) is 94.1 Å². The lowest BCUT2D eigenvalue weighted by molar-refractivity contribution is 0.171. The number of rotatable bonds is 8. The van der Waals surface area contributed by atoms with Crippen LogP contribution >= 0.6 is 0 Å². The predicted molar refractivity (Wildman–Crippen MR) is 197 cm³/mol. The minimum Gasteiger partial charge on any atom is -0.484 e. The van der Waals surface area contributed by atoms with E-state index in [1.807, 2.05) is 41.2 Å². The van der Waals surface area contributed by atoms with Crippen molar-refractivity contribution in [3.05, 3.63) is 95.3 Å². The Kier molecular flexibility index (Phi) is 9.26. The van der Waals surface area contributed by atoms with Gasteiger partial charge in [-0.15, -0.1) is 10.2 Å². The summed E-state index contributed by atoms with van der Waals surface area (Å²) >= 11 is 0. The van der Waals surface area contributed by atoms with Crippen molar-refractivity contribution in [1.29, 1.82) is 0 Å². The lowest BCUT2D eigenvalue weighted by atomic mass is 9.85. The standard InChI is InChI=1S/C39H49N9O2/c1-26-11-9-10-22-46(26)38-43-42-35-21-18-29(25-47(35)38)50-33-20-19-32(30-12-7-8-13-31(30)33)40-37(49)41-36-23-34(39(2,3)4)44-48(36)28-16-14-27(15-17-28)24-45(5)6/h7-8,12-18,21,23,25-26,32-33H,9-11,19-20,22,24H2,1-6H3,(H2,40,41,49)/t26-,32-,33+/m0/s1. The van der Waals surface area contributed by atoms with Crippen molar-refractivity contribution >= 4 is 23.4 Å². The number of carbonyl (C=O) groups is 1. The maximum atomic E-state index is 13.6. The Morgan fingerprint density at radius 3 is 2.48 bits per heavy atom. The van der Waals surface area contributed by atoms with E-state index in [0.29, 0.717) is 11.9 Å². The average molecular weight is 676 g/mol. The van der Waals surface area contributed by atoms with Crippen molar-refractivity contribution in [1.82, 2.24) is 34.6 Å². The second-order valence-electron chi connectivity index (χ2n) is 15.1. The summed E-state index contributed by atoms with van der Waals surface area (Å²) in [6, 6.07) is 22.5. The number of amides is 2. The first-order valence-corrected chi connectivity index (χ1v) is 17.8. The van der Waals surface area contributed by atoms with E-state index < -0.39 is 0 Å². The molecule has 11 nitrogen and oxygen atoms in total. The van der Waals surface area contributed by atoms with Gasteiger partial charge in [-0.1, -0.05) is 57.2 Å². The molecular weight excluding hydrogens is 626 g/mol. The van der Waals surface area contributed by atoms with E-state index in [2.05, 4.69) is 113 Å². The molecule has 1 fully saturated rings. The molecule has 0 saturated carbocycles. The minimum atomic E-state index is -0.271. The van der Waals surface area contributed by atoms with Crippen LogP contribution in [0.2, 0.25) is 0 Å². The molecule has 0 bridgehead atoms. The summed E-state index contributed by atoms with van der Waals surface area (Å²) < 4.78 is 10.5. The van der Waals surface area contributed by atoms with Gasteiger partial charge in [0.2, 0.25) is 5.95 Å². The van der Waals surface area contributed by atoms with E-state index in [1.54, 1.807) is 0 Å². The molecule has 3 aromatic heterocycles. The molecule has 2 amide bonds. The van der Waals surface area contributed by atoms with Crippen LogP contribution in [0.25, 0.3) is 11.3 Å². The molecular formula is C39H49N9O2. The van der Waals surface area contributed by atoms with Crippen LogP contribution in [0.1, 0.15) is 94.3 Å². The molecule has 0 unspecified atom stereocenters.